The first kappa shape index (κ1) is 17.9. The van der Waals surface area contributed by atoms with Gasteiger partial charge in [-0.1, -0.05) is 53.4 Å². The number of carbonyl (C=O) groups excluding carboxylic acids is 1. The summed E-state index contributed by atoms with van der Waals surface area (Å²) in [6.07, 6.45) is 0. The molecule has 0 fully saturated rings. The minimum Gasteiger partial charge on any atom is -0.341 e. The average molecular weight is 372 g/mol. The Morgan fingerprint density at radius 2 is 1.92 bits per heavy atom. The molecule has 0 aliphatic heterocycles. The Hall–Kier alpha value is -1.92. The smallest absolute Gasteiger partial charge is 0.174 e. The molecule has 25 heavy (non-hydrogen) atoms. The van der Waals surface area contributed by atoms with E-state index >= 15 is 0 Å². The van der Waals surface area contributed by atoms with Crippen LogP contribution in [0.4, 0.5) is 0 Å². The summed E-state index contributed by atoms with van der Waals surface area (Å²) in [5.41, 5.74) is 4.16. The highest BCUT2D eigenvalue weighted by atomic mass is 32.2. The van der Waals surface area contributed by atoms with Gasteiger partial charge < -0.3 is 4.57 Å². The molecule has 0 amide bonds. The summed E-state index contributed by atoms with van der Waals surface area (Å²) in [6.45, 7) is 8.17. The van der Waals surface area contributed by atoms with Crippen LogP contribution in [0.3, 0.4) is 0 Å². The molecule has 0 aliphatic rings. The molecule has 130 valence electrons. The monoisotopic (exact) mass is 371 g/mol. The highest BCUT2D eigenvalue weighted by Crippen LogP contribution is 2.28. The number of nitrogens with zero attached hydrogens (tertiary/aromatic N) is 3. The Kier molecular flexibility index (Phi) is 5.39. The summed E-state index contributed by atoms with van der Waals surface area (Å²) in [6, 6.07) is 12.6. The van der Waals surface area contributed by atoms with Crippen LogP contribution < -0.4 is 0 Å². The zero-order chi connectivity index (χ0) is 18.0. The van der Waals surface area contributed by atoms with Crippen molar-refractivity contribution in [1.29, 1.82) is 0 Å². The van der Waals surface area contributed by atoms with Gasteiger partial charge in [0.1, 0.15) is 5.01 Å². The summed E-state index contributed by atoms with van der Waals surface area (Å²) in [5.74, 6) is 0.524. The average Bonchev–Trinajstić information content (AvgIpc) is 3.16. The van der Waals surface area contributed by atoms with Crippen molar-refractivity contribution >= 4 is 28.9 Å². The summed E-state index contributed by atoms with van der Waals surface area (Å²) < 4.78 is 3.08. The molecule has 6 heteroatoms. The van der Waals surface area contributed by atoms with E-state index in [1.807, 2.05) is 38.1 Å². The predicted octanol–water partition coefficient (Wildman–Crippen LogP) is 4.85. The van der Waals surface area contributed by atoms with Crippen molar-refractivity contribution in [3.05, 3.63) is 63.9 Å². The van der Waals surface area contributed by atoms with Gasteiger partial charge in [0.2, 0.25) is 0 Å². The number of hydrogen-bond acceptors (Lipinski definition) is 5. The van der Waals surface area contributed by atoms with E-state index in [9.17, 15) is 4.79 Å². The molecule has 0 spiro atoms. The van der Waals surface area contributed by atoms with E-state index in [0.717, 1.165) is 26.3 Å². The third-order valence-corrected chi connectivity index (χ3v) is 6.26. The van der Waals surface area contributed by atoms with Crippen molar-refractivity contribution in [2.45, 2.75) is 38.1 Å². The van der Waals surface area contributed by atoms with E-state index < -0.39 is 0 Å². The fraction of sp³-hybridized carbons (Fsp3) is 0.316. The first-order valence-corrected chi connectivity index (χ1v) is 9.97. The van der Waals surface area contributed by atoms with Gasteiger partial charge in [0.05, 0.1) is 11.8 Å². The van der Waals surface area contributed by atoms with Crippen molar-refractivity contribution in [2.75, 3.05) is 5.75 Å². The summed E-state index contributed by atoms with van der Waals surface area (Å²) in [7, 11) is 0. The predicted molar refractivity (Wildman–Crippen MR) is 104 cm³/mol. The molecule has 0 aliphatic carbocycles. The van der Waals surface area contributed by atoms with Crippen LogP contribution in [0.25, 0.3) is 0 Å². The van der Waals surface area contributed by atoms with Crippen molar-refractivity contribution < 1.29 is 4.79 Å². The molecule has 2 heterocycles. The largest absolute Gasteiger partial charge is 0.341 e. The third kappa shape index (κ3) is 3.85. The summed E-state index contributed by atoms with van der Waals surface area (Å²) >= 11 is 2.98. The van der Waals surface area contributed by atoms with Gasteiger partial charge in [-0.05, 0) is 39.3 Å². The van der Waals surface area contributed by atoms with E-state index in [2.05, 4.69) is 40.7 Å². The molecule has 0 saturated carbocycles. The van der Waals surface area contributed by atoms with Gasteiger partial charge in [0, 0.05) is 17.0 Å². The number of rotatable bonds is 6. The van der Waals surface area contributed by atoms with Crippen LogP contribution in [-0.2, 0) is 0 Å². The van der Waals surface area contributed by atoms with Crippen LogP contribution in [0.2, 0.25) is 0 Å². The maximum Gasteiger partial charge on any atom is 0.174 e. The maximum atomic E-state index is 12.7. The van der Waals surface area contributed by atoms with Gasteiger partial charge in [-0.2, -0.15) is 0 Å². The Bertz CT molecular complexity index is 883. The Morgan fingerprint density at radius 3 is 2.56 bits per heavy atom. The molecule has 0 bridgehead atoms. The zero-order valence-electron chi connectivity index (χ0n) is 14.8. The Balaban J connectivity index is 1.80. The summed E-state index contributed by atoms with van der Waals surface area (Å²) in [5, 5.41) is 8.98. The van der Waals surface area contributed by atoms with Crippen LogP contribution in [0.1, 0.15) is 45.3 Å². The lowest BCUT2D eigenvalue weighted by Gasteiger charge is -2.19. The van der Waals surface area contributed by atoms with Gasteiger partial charge in [0.15, 0.2) is 10.1 Å². The second-order valence-electron chi connectivity index (χ2n) is 6.04. The number of carbonyl (C=O) groups is 1. The fourth-order valence-corrected chi connectivity index (χ4v) is 4.78. The number of aryl methyl sites for hydroxylation is 2. The topological polar surface area (TPSA) is 47.8 Å². The molecule has 3 rings (SSSR count). The molecule has 0 N–H and O–H groups in total. The van der Waals surface area contributed by atoms with E-state index in [1.165, 1.54) is 28.7 Å². The number of hydrogen-bond donors (Lipinski definition) is 0. The first-order chi connectivity index (χ1) is 12.0. The Morgan fingerprint density at radius 1 is 1.20 bits per heavy atom. The quantitative estimate of drug-likeness (QED) is 0.459. The molecular weight excluding hydrogens is 350 g/mol. The van der Waals surface area contributed by atoms with Crippen molar-refractivity contribution in [1.82, 2.24) is 14.8 Å². The number of Topliss-reactive ketones (excluding diaryl/α,β-unsaturated/α-hetero) is 1. The van der Waals surface area contributed by atoms with Crippen LogP contribution in [0, 0.1) is 20.8 Å². The molecule has 0 saturated heterocycles. The van der Waals surface area contributed by atoms with Gasteiger partial charge in [-0.3, -0.25) is 4.79 Å². The second kappa shape index (κ2) is 7.54. The summed E-state index contributed by atoms with van der Waals surface area (Å²) in [4.78, 5) is 12.7. The van der Waals surface area contributed by atoms with Crippen LogP contribution in [-0.4, -0.2) is 26.3 Å². The molecule has 0 radical (unpaired) electrons. The third-order valence-electron chi connectivity index (χ3n) is 4.29. The molecule has 0 unspecified atom stereocenters. The lowest BCUT2D eigenvalue weighted by Crippen LogP contribution is -2.11. The van der Waals surface area contributed by atoms with E-state index in [4.69, 9.17) is 0 Å². The lowest BCUT2D eigenvalue weighted by molar-refractivity contribution is 0.102. The van der Waals surface area contributed by atoms with Crippen molar-refractivity contribution in [2.24, 2.45) is 0 Å². The van der Waals surface area contributed by atoms with Crippen LogP contribution in [0.15, 0.2) is 40.7 Å². The number of aromatic nitrogens is 3. The van der Waals surface area contributed by atoms with Gasteiger partial charge in [-0.25, -0.2) is 0 Å². The molecule has 1 atom stereocenters. The van der Waals surface area contributed by atoms with Gasteiger partial charge >= 0.3 is 0 Å². The normalized spacial score (nSPS) is 12.3. The Labute approximate surface area is 156 Å². The molecular formula is C19H21N3OS2. The number of ketones is 1. The highest BCUT2D eigenvalue weighted by Gasteiger charge is 2.20. The maximum absolute atomic E-state index is 12.7. The number of benzene rings is 1. The van der Waals surface area contributed by atoms with Crippen LogP contribution in [0.5, 0.6) is 0 Å². The lowest BCUT2D eigenvalue weighted by atomic mass is 10.1. The standard InChI is InChI=1S/C19H21N3OS2/c1-12-10-17(18(23)11-24-19-21-20-15(4)25-19)14(3)22(12)13(2)16-8-6-5-7-9-16/h5-10,13H,11H2,1-4H3/t13-/m0/s1. The zero-order valence-corrected chi connectivity index (χ0v) is 16.4. The number of thioether (sulfide) groups is 1. The minimum absolute atomic E-state index is 0.137. The fourth-order valence-electron chi connectivity index (χ4n) is 3.08. The molecule has 3 aromatic rings. The first-order valence-electron chi connectivity index (χ1n) is 8.17. The second-order valence-corrected chi connectivity index (χ2v) is 8.44. The van der Waals surface area contributed by atoms with Crippen molar-refractivity contribution in [3.8, 4) is 0 Å². The molecule has 2 aromatic heterocycles. The SMILES string of the molecule is Cc1nnc(SCC(=O)c2cc(C)n([C@@H](C)c3ccccc3)c2C)s1. The van der Waals surface area contributed by atoms with E-state index in [1.54, 1.807) is 0 Å². The van der Waals surface area contributed by atoms with E-state index in [-0.39, 0.29) is 11.8 Å². The molecule has 1 aromatic carbocycles. The van der Waals surface area contributed by atoms with Gasteiger partial charge in [0.25, 0.3) is 0 Å². The van der Waals surface area contributed by atoms with E-state index in [0.29, 0.717) is 5.75 Å². The van der Waals surface area contributed by atoms with Crippen molar-refractivity contribution in [3.63, 3.8) is 0 Å². The van der Waals surface area contributed by atoms with Crippen LogP contribution >= 0.6 is 23.1 Å². The van der Waals surface area contributed by atoms with Gasteiger partial charge in [-0.15, -0.1) is 10.2 Å². The molecule has 4 nitrogen and oxygen atoms in total. The minimum atomic E-state index is 0.137. The highest BCUT2D eigenvalue weighted by molar-refractivity contribution is 8.01.